The number of nitrogens with zero attached hydrogens (tertiary/aromatic N) is 3. The first-order chi connectivity index (χ1) is 32.7. The van der Waals surface area contributed by atoms with Gasteiger partial charge in [0.05, 0.1) is 24.2 Å². The predicted octanol–water partition coefficient (Wildman–Crippen LogP) is 4.37. The van der Waals surface area contributed by atoms with Crippen molar-refractivity contribution in [1.29, 1.82) is 0 Å². The third-order valence-electron chi connectivity index (χ3n) is 16.5. The molecule has 68 heavy (non-hydrogen) atoms. The quantitative estimate of drug-likeness (QED) is 0.0412. The summed E-state index contributed by atoms with van der Waals surface area (Å²) in [5.41, 5.74) is 3.66. The molecule has 6 aliphatic rings. The van der Waals surface area contributed by atoms with Gasteiger partial charge in [-0.2, -0.15) is 0 Å². The highest BCUT2D eigenvalue weighted by Crippen LogP contribution is 2.67. The zero-order valence-corrected chi connectivity index (χ0v) is 41.3. The van der Waals surface area contributed by atoms with E-state index in [1.54, 1.807) is 14.0 Å². The summed E-state index contributed by atoms with van der Waals surface area (Å²) >= 11 is 0. The Morgan fingerprint density at radius 3 is 2.56 bits per heavy atom. The normalized spacial score (nSPS) is 33.5. The SMILES string of the molecule is CC[C@]1(O)CC2CN(CCc3c([nH]c4ccccc34)[C@@](COC=O)(c3cc4c(cc3OC)N(C)[C@H]3[C@](O)(C(=O)NNC(=O)OCCSSCCC(C)=O)[C@H](O)[C@]5(CC)C=CCN6CC[C@]43[C@@H]65)C2)C1. The van der Waals surface area contributed by atoms with Crippen LogP contribution in [0.4, 0.5) is 10.5 Å². The van der Waals surface area contributed by atoms with E-state index < -0.39 is 51.6 Å². The largest absolute Gasteiger partial charge is 0.496 e. The van der Waals surface area contributed by atoms with E-state index in [4.69, 9.17) is 14.2 Å². The number of hydrazine groups is 1. The Kier molecular flexibility index (Phi) is 13.5. The molecule has 10 atom stereocenters. The Morgan fingerprint density at radius 2 is 1.81 bits per heavy atom. The Hall–Kier alpha value is -4.30. The molecule has 5 aliphatic heterocycles. The molecule has 2 bridgehead atoms. The number of ether oxygens (including phenoxy) is 3. The maximum absolute atomic E-state index is 14.9. The summed E-state index contributed by atoms with van der Waals surface area (Å²) in [6.45, 7) is 9.35. The molecule has 2 aromatic carbocycles. The fourth-order valence-corrected chi connectivity index (χ4v) is 15.7. The van der Waals surface area contributed by atoms with E-state index in [0.717, 1.165) is 52.1 Å². The first kappa shape index (κ1) is 48.7. The van der Waals surface area contributed by atoms with Gasteiger partial charge in [0.15, 0.2) is 5.60 Å². The van der Waals surface area contributed by atoms with Crippen LogP contribution in [0.15, 0.2) is 48.6 Å². The lowest BCUT2D eigenvalue weighted by atomic mass is 9.47. The van der Waals surface area contributed by atoms with Gasteiger partial charge < -0.3 is 39.4 Å². The number of para-hydroxylation sites is 1. The van der Waals surface area contributed by atoms with E-state index in [1.807, 2.05) is 56.1 Å². The summed E-state index contributed by atoms with van der Waals surface area (Å²) in [7, 11) is 6.43. The van der Waals surface area contributed by atoms with E-state index >= 15 is 0 Å². The van der Waals surface area contributed by atoms with Crippen LogP contribution in [0.5, 0.6) is 5.75 Å². The predicted molar refractivity (Wildman–Crippen MR) is 262 cm³/mol. The number of aromatic nitrogens is 1. The average Bonchev–Trinajstić information content (AvgIpc) is 4.00. The van der Waals surface area contributed by atoms with Crippen molar-refractivity contribution in [3.63, 3.8) is 0 Å². The van der Waals surface area contributed by atoms with Crippen molar-refractivity contribution >= 4 is 62.4 Å². The molecule has 1 spiro atoms. The van der Waals surface area contributed by atoms with Gasteiger partial charge in [0.1, 0.15) is 30.9 Å². The molecule has 0 radical (unpaired) electrons. The van der Waals surface area contributed by atoms with Crippen molar-refractivity contribution in [2.45, 2.75) is 106 Å². The number of Topliss-reactive ketones (excluding diaryl/α,β-unsaturated/α-hetero) is 1. The van der Waals surface area contributed by atoms with E-state index in [1.165, 1.54) is 21.6 Å². The molecule has 16 nitrogen and oxygen atoms in total. The zero-order valence-electron chi connectivity index (χ0n) is 39.7. The monoisotopic (exact) mass is 974 g/mol. The summed E-state index contributed by atoms with van der Waals surface area (Å²) in [4.78, 5) is 62.1. The summed E-state index contributed by atoms with van der Waals surface area (Å²) < 4.78 is 17.8. The molecular formula is C50H66N6O10S2. The van der Waals surface area contributed by atoms with E-state index in [-0.39, 0.29) is 31.0 Å². The molecule has 9 rings (SSSR count). The van der Waals surface area contributed by atoms with Crippen LogP contribution in [-0.2, 0) is 41.1 Å². The number of fused-ring (bicyclic) bond motifs is 6. The van der Waals surface area contributed by atoms with Gasteiger partial charge in [-0.05, 0) is 81.2 Å². The van der Waals surface area contributed by atoms with E-state index in [9.17, 15) is 34.5 Å². The maximum atomic E-state index is 14.9. The minimum absolute atomic E-state index is 0.0146. The summed E-state index contributed by atoms with van der Waals surface area (Å²) in [5, 5.41) is 39.3. The number of aromatic amines is 1. The van der Waals surface area contributed by atoms with Crippen LogP contribution in [0.1, 0.15) is 81.7 Å². The number of hydrogen-bond acceptors (Lipinski definition) is 15. The van der Waals surface area contributed by atoms with Crippen molar-refractivity contribution in [3.05, 3.63) is 70.9 Å². The molecule has 368 valence electrons. The Bertz CT molecular complexity index is 2470. The van der Waals surface area contributed by atoms with Crippen molar-refractivity contribution < 1.29 is 48.7 Å². The molecule has 6 N–H and O–H groups in total. The third-order valence-corrected chi connectivity index (χ3v) is 18.9. The van der Waals surface area contributed by atoms with Crippen LogP contribution >= 0.6 is 21.6 Å². The molecular weight excluding hydrogens is 909 g/mol. The lowest BCUT2D eigenvalue weighted by Gasteiger charge is -2.63. The van der Waals surface area contributed by atoms with Crippen molar-refractivity contribution in [2.75, 3.05) is 76.5 Å². The van der Waals surface area contributed by atoms with Gasteiger partial charge in [-0.1, -0.05) is 65.8 Å². The fraction of sp³-hybridized carbons (Fsp3) is 0.600. The minimum atomic E-state index is -2.49. The smallest absolute Gasteiger partial charge is 0.426 e. The first-order valence-electron chi connectivity index (χ1n) is 24.0. The van der Waals surface area contributed by atoms with Crippen LogP contribution in [0, 0.1) is 11.3 Å². The maximum Gasteiger partial charge on any atom is 0.426 e. The number of aliphatic hydroxyl groups is 3. The topological polar surface area (TPSA) is 206 Å². The van der Waals surface area contributed by atoms with Crippen molar-refractivity contribution in [1.82, 2.24) is 25.6 Å². The highest BCUT2D eigenvalue weighted by Gasteiger charge is 2.78. The number of piperidine rings is 1. The lowest BCUT2D eigenvalue weighted by Crippen LogP contribution is -2.82. The van der Waals surface area contributed by atoms with E-state index in [0.29, 0.717) is 88.3 Å². The number of amides is 2. The van der Waals surface area contributed by atoms with Crippen LogP contribution in [0.3, 0.4) is 0 Å². The second kappa shape index (κ2) is 18.8. The number of benzene rings is 2. The number of ketones is 1. The van der Waals surface area contributed by atoms with Crippen LogP contribution < -0.4 is 20.5 Å². The van der Waals surface area contributed by atoms with Gasteiger partial charge in [0.25, 0.3) is 12.4 Å². The Morgan fingerprint density at radius 1 is 1.01 bits per heavy atom. The molecule has 2 amide bonds. The van der Waals surface area contributed by atoms with Crippen LogP contribution in [-0.4, -0.2) is 155 Å². The third kappa shape index (κ3) is 7.71. The van der Waals surface area contributed by atoms with Crippen molar-refractivity contribution in [3.8, 4) is 5.75 Å². The fourth-order valence-electron chi connectivity index (χ4n) is 13.8. The average molecular weight is 975 g/mol. The van der Waals surface area contributed by atoms with Gasteiger partial charge >= 0.3 is 6.09 Å². The number of anilines is 1. The molecule has 1 aliphatic carbocycles. The summed E-state index contributed by atoms with van der Waals surface area (Å²) in [6, 6.07) is 11.0. The molecule has 1 aromatic heterocycles. The number of hydrogen-bond donors (Lipinski definition) is 6. The molecule has 3 aromatic rings. The Balaban J connectivity index is 1.17. The highest BCUT2D eigenvalue weighted by atomic mass is 33.1. The van der Waals surface area contributed by atoms with Gasteiger partial charge in [0, 0.05) is 102 Å². The number of rotatable bonds is 15. The minimum Gasteiger partial charge on any atom is -0.496 e. The highest BCUT2D eigenvalue weighted by molar-refractivity contribution is 8.76. The number of carbonyl (C=O) groups is 4. The zero-order chi connectivity index (χ0) is 48.2. The summed E-state index contributed by atoms with van der Waals surface area (Å²) in [6.07, 6.45) is 5.18. The van der Waals surface area contributed by atoms with Crippen molar-refractivity contribution in [2.24, 2.45) is 11.3 Å². The van der Waals surface area contributed by atoms with Gasteiger partial charge in [-0.3, -0.25) is 29.6 Å². The molecule has 2 saturated heterocycles. The molecule has 1 saturated carbocycles. The second-order valence-corrected chi connectivity index (χ2v) is 22.7. The number of carbonyl (C=O) groups excluding carboxylic acids is 4. The van der Waals surface area contributed by atoms with Crippen LogP contribution in [0.2, 0.25) is 0 Å². The number of H-pyrrole nitrogens is 1. The molecule has 2 unspecified atom stereocenters. The van der Waals surface area contributed by atoms with E-state index in [2.05, 4.69) is 43.8 Å². The van der Waals surface area contributed by atoms with Gasteiger partial charge in [-0.15, -0.1) is 0 Å². The number of likely N-dealkylation sites (N-methyl/N-ethyl adjacent to an activating group) is 1. The number of methoxy groups -OCH3 is 1. The second-order valence-electron chi connectivity index (χ2n) is 20.0. The first-order valence-corrected chi connectivity index (χ1v) is 26.5. The van der Waals surface area contributed by atoms with Gasteiger partial charge in [-0.25, -0.2) is 10.2 Å². The lowest BCUT2D eigenvalue weighted by molar-refractivity contribution is -0.204. The summed E-state index contributed by atoms with van der Waals surface area (Å²) in [5.74, 6) is 0.745. The van der Waals surface area contributed by atoms with Gasteiger partial charge in [0.2, 0.25) is 0 Å². The molecule has 3 fully saturated rings. The number of nitrogens with one attached hydrogen (secondary N) is 3. The Labute approximate surface area is 405 Å². The molecule has 6 heterocycles. The number of aliphatic hydroxyl groups excluding tert-OH is 1. The standard InChI is InChI=1S/C50H66N6O10S2/c1-6-46(62)25-32-26-48(29-65-30-57,40-34(13-18-55(27-32)28-46)33-11-8-9-12-37(33)51-40)36-23-35-38(24-39(36)64-5)54(4)42-49(35)16-19-56-17-10-15-47(7-2,41(49)56)43(59)50(42,63)44(60)52-53-45(61)66-20-22-68-67-21-14-31(3)58/h8-12,15,23-24,30,32,41-43,51,59,62-63H,6-7,13-14,16-22,25-29H2,1-5H3,(H,52,60)(H,53,61)/t32?,41-,42+,43+,46-,47+,48-,49+,50+/m0/s1. The molecule has 18 heteroatoms. The van der Waals surface area contributed by atoms with Crippen LogP contribution in [0.25, 0.3) is 10.9 Å².